The first-order valence-electron chi connectivity index (χ1n) is 7.76. The van der Waals surface area contributed by atoms with E-state index in [1.165, 1.54) is 9.75 Å². The minimum atomic E-state index is 0.332. The molecule has 4 nitrogen and oxygen atoms in total. The van der Waals surface area contributed by atoms with E-state index in [2.05, 4.69) is 55.2 Å². The zero-order valence-electron chi connectivity index (χ0n) is 13.5. The summed E-state index contributed by atoms with van der Waals surface area (Å²) in [4.78, 5) is 7.21. The summed E-state index contributed by atoms with van der Waals surface area (Å²) in [6.07, 6.45) is 3.71. The third-order valence-corrected chi connectivity index (χ3v) is 4.48. The summed E-state index contributed by atoms with van der Waals surface area (Å²) in [7, 11) is 0. The Morgan fingerprint density at radius 2 is 2.14 bits per heavy atom. The quantitative estimate of drug-likeness (QED) is 0.810. The molecule has 0 aromatic carbocycles. The number of nitrogens with one attached hydrogen (secondary N) is 1. The van der Waals surface area contributed by atoms with Gasteiger partial charge in [0.1, 0.15) is 12.2 Å². The Hall–Kier alpha value is -1.20. The standard InChI is InChI=1S/C16H26N4S/c1-5-8-17-14(15-7-6-13(4)21-15)9-16-18-11-19-20(16)10-12(2)3/h6-7,11-12,14,17H,5,8-10H2,1-4H3. The summed E-state index contributed by atoms with van der Waals surface area (Å²) in [6.45, 7) is 10.7. The van der Waals surface area contributed by atoms with Crippen molar-refractivity contribution < 1.29 is 0 Å². The van der Waals surface area contributed by atoms with Crippen LogP contribution in [0, 0.1) is 12.8 Å². The van der Waals surface area contributed by atoms with Crippen LogP contribution in [0.1, 0.15) is 48.8 Å². The van der Waals surface area contributed by atoms with Crippen molar-refractivity contribution in [1.29, 1.82) is 0 Å². The minimum absolute atomic E-state index is 0.332. The highest BCUT2D eigenvalue weighted by Gasteiger charge is 2.17. The molecular formula is C16H26N4S. The minimum Gasteiger partial charge on any atom is -0.309 e. The van der Waals surface area contributed by atoms with Gasteiger partial charge in [0.15, 0.2) is 0 Å². The average molecular weight is 306 g/mol. The summed E-state index contributed by atoms with van der Waals surface area (Å²) in [6, 6.07) is 4.76. The van der Waals surface area contributed by atoms with E-state index in [1.807, 2.05) is 16.0 Å². The van der Waals surface area contributed by atoms with Gasteiger partial charge in [0.2, 0.25) is 0 Å². The van der Waals surface area contributed by atoms with Crippen LogP contribution in [0.3, 0.4) is 0 Å². The van der Waals surface area contributed by atoms with E-state index in [-0.39, 0.29) is 0 Å². The van der Waals surface area contributed by atoms with Gasteiger partial charge in [-0.25, -0.2) is 9.67 Å². The molecule has 116 valence electrons. The Morgan fingerprint density at radius 3 is 2.76 bits per heavy atom. The van der Waals surface area contributed by atoms with Crippen molar-refractivity contribution in [3.8, 4) is 0 Å². The number of aryl methyl sites for hydroxylation is 1. The summed E-state index contributed by atoms with van der Waals surface area (Å²) in [5.41, 5.74) is 0. The molecule has 2 aromatic rings. The molecule has 0 aliphatic heterocycles. The predicted molar refractivity (Wildman–Crippen MR) is 88.7 cm³/mol. The van der Waals surface area contributed by atoms with Crippen molar-refractivity contribution >= 4 is 11.3 Å². The molecule has 0 radical (unpaired) electrons. The van der Waals surface area contributed by atoms with Crippen molar-refractivity contribution in [1.82, 2.24) is 20.1 Å². The van der Waals surface area contributed by atoms with Gasteiger partial charge in [0, 0.05) is 28.8 Å². The highest BCUT2D eigenvalue weighted by molar-refractivity contribution is 7.12. The molecule has 5 heteroatoms. The molecule has 0 spiro atoms. The van der Waals surface area contributed by atoms with Crippen LogP contribution in [0.4, 0.5) is 0 Å². The van der Waals surface area contributed by atoms with Gasteiger partial charge in [-0.05, 0) is 37.9 Å². The third kappa shape index (κ3) is 4.64. The number of thiophene rings is 1. The van der Waals surface area contributed by atoms with E-state index < -0.39 is 0 Å². The Labute approximate surface area is 131 Å². The summed E-state index contributed by atoms with van der Waals surface area (Å²) >= 11 is 1.87. The zero-order valence-corrected chi connectivity index (χ0v) is 14.3. The van der Waals surface area contributed by atoms with Crippen LogP contribution in [-0.4, -0.2) is 21.3 Å². The number of rotatable bonds is 8. The molecule has 21 heavy (non-hydrogen) atoms. The van der Waals surface area contributed by atoms with Gasteiger partial charge in [-0.15, -0.1) is 11.3 Å². The van der Waals surface area contributed by atoms with Gasteiger partial charge in [-0.2, -0.15) is 5.10 Å². The van der Waals surface area contributed by atoms with Gasteiger partial charge < -0.3 is 5.32 Å². The lowest BCUT2D eigenvalue weighted by Gasteiger charge is -2.17. The second kappa shape index (κ2) is 7.71. The normalized spacial score (nSPS) is 13.0. The number of hydrogen-bond donors (Lipinski definition) is 1. The summed E-state index contributed by atoms with van der Waals surface area (Å²) in [5.74, 6) is 1.65. The maximum absolute atomic E-state index is 4.47. The van der Waals surface area contributed by atoms with Crippen molar-refractivity contribution in [3.63, 3.8) is 0 Å². The monoisotopic (exact) mass is 306 g/mol. The Bertz CT molecular complexity index is 544. The van der Waals surface area contributed by atoms with Crippen molar-refractivity contribution in [2.75, 3.05) is 6.54 Å². The van der Waals surface area contributed by atoms with Gasteiger partial charge >= 0.3 is 0 Å². The fourth-order valence-electron chi connectivity index (χ4n) is 2.36. The zero-order chi connectivity index (χ0) is 15.2. The van der Waals surface area contributed by atoms with Crippen LogP contribution in [0.25, 0.3) is 0 Å². The van der Waals surface area contributed by atoms with E-state index >= 15 is 0 Å². The van der Waals surface area contributed by atoms with Crippen molar-refractivity contribution in [3.05, 3.63) is 34.0 Å². The Balaban J connectivity index is 2.13. The van der Waals surface area contributed by atoms with E-state index in [0.29, 0.717) is 12.0 Å². The highest BCUT2D eigenvalue weighted by Crippen LogP contribution is 2.25. The van der Waals surface area contributed by atoms with Crippen LogP contribution < -0.4 is 5.32 Å². The molecule has 0 fully saturated rings. The van der Waals surface area contributed by atoms with Crippen LogP contribution in [-0.2, 0) is 13.0 Å². The molecule has 0 bridgehead atoms. The fourth-order valence-corrected chi connectivity index (χ4v) is 3.31. The first kappa shape index (κ1) is 16.2. The molecule has 1 unspecified atom stereocenters. The lowest BCUT2D eigenvalue weighted by Crippen LogP contribution is -2.25. The smallest absolute Gasteiger partial charge is 0.138 e. The highest BCUT2D eigenvalue weighted by atomic mass is 32.1. The molecule has 1 N–H and O–H groups in total. The molecule has 0 saturated heterocycles. The van der Waals surface area contributed by atoms with Gasteiger partial charge in [-0.1, -0.05) is 20.8 Å². The lowest BCUT2D eigenvalue weighted by molar-refractivity contribution is 0.445. The van der Waals surface area contributed by atoms with E-state index in [0.717, 1.165) is 31.8 Å². The predicted octanol–water partition coefficient (Wildman–Crippen LogP) is 3.59. The first-order chi connectivity index (χ1) is 10.1. The molecule has 0 amide bonds. The summed E-state index contributed by atoms with van der Waals surface area (Å²) < 4.78 is 2.05. The van der Waals surface area contributed by atoms with Crippen LogP contribution in [0.15, 0.2) is 18.5 Å². The molecule has 1 atom stereocenters. The van der Waals surface area contributed by atoms with E-state index in [9.17, 15) is 0 Å². The number of aromatic nitrogens is 3. The molecule has 0 saturated carbocycles. The van der Waals surface area contributed by atoms with Gasteiger partial charge in [0.05, 0.1) is 0 Å². The molecule has 0 aliphatic rings. The molecule has 0 aliphatic carbocycles. The fraction of sp³-hybridized carbons (Fsp3) is 0.625. The number of nitrogens with zero attached hydrogens (tertiary/aromatic N) is 3. The van der Waals surface area contributed by atoms with Gasteiger partial charge in [0.25, 0.3) is 0 Å². The van der Waals surface area contributed by atoms with Crippen molar-refractivity contribution in [2.24, 2.45) is 5.92 Å². The SMILES string of the molecule is CCCNC(Cc1ncnn1CC(C)C)c1ccc(C)s1. The van der Waals surface area contributed by atoms with Gasteiger partial charge in [-0.3, -0.25) is 0 Å². The van der Waals surface area contributed by atoms with Crippen molar-refractivity contribution in [2.45, 2.75) is 53.1 Å². The largest absolute Gasteiger partial charge is 0.309 e. The maximum Gasteiger partial charge on any atom is 0.138 e. The maximum atomic E-state index is 4.47. The van der Waals surface area contributed by atoms with Crippen LogP contribution in [0.5, 0.6) is 0 Å². The van der Waals surface area contributed by atoms with Crippen LogP contribution in [0.2, 0.25) is 0 Å². The molecule has 2 heterocycles. The third-order valence-electron chi connectivity index (χ3n) is 3.37. The second-order valence-electron chi connectivity index (χ2n) is 5.91. The second-order valence-corrected chi connectivity index (χ2v) is 7.23. The van der Waals surface area contributed by atoms with E-state index in [4.69, 9.17) is 0 Å². The van der Waals surface area contributed by atoms with Crippen LogP contribution >= 0.6 is 11.3 Å². The lowest BCUT2D eigenvalue weighted by atomic mass is 10.1. The Kier molecular flexibility index (Phi) is 5.94. The topological polar surface area (TPSA) is 42.7 Å². The number of hydrogen-bond acceptors (Lipinski definition) is 4. The van der Waals surface area contributed by atoms with E-state index in [1.54, 1.807) is 6.33 Å². The Morgan fingerprint density at radius 1 is 1.33 bits per heavy atom. The summed E-state index contributed by atoms with van der Waals surface area (Å²) in [5, 5.41) is 8.02. The molecule has 2 rings (SSSR count). The molecular weight excluding hydrogens is 280 g/mol. The molecule has 2 aromatic heterocycles. The average Bonchev–Trinajstić information content (AvgIpc) is 3.03. The first-order valence-corrected chi connectivity index (χ1v) is 8.58.